The molecular weight excluding hydrogens is 1070 g/mol. The highest BCUT2D eigenvalue weighted by Gasteiger charge is 2.12. The molecule has 0 heterocycles. The van der Waals surface area contributed by atoms with Gasteiger partial charge in [0.05, 0.1) is 0 Å². The summed E-state index contributed by atoms with van der Waals surface area (Å²) >= 11 is 0. The van der Waals surface area contributed by atoms with Crippen LogP contribution in [0.25, 0.3) is 66.8 Å². The average Bonchev–Trinajstić information content (AvgIpc) is 3.43. The zero-order valence-corrected chi connectivity index (χ0v) is 54.9. The van der Waals surface area contributed by atoms with E-state index in [1.54, 1.807) is 0 Å². The van der Waals surface area contributed by atoms with Gasteiger partial charge in [0.15, 0.2) is 0 Å². The van der Waals surface area contributed by atoms with Crippen molar-refractivity contribution in [3.05, 3.63) is 231 Å². The van der Waals surface area contributed by atoms with Crippen LogP contribution >= 0.6 is 83.2 Å². The fourth-order valence-electron chi connectivity index (χ4n) is 9.52. The maximum absolute atomic E-state index is 2.85. The summed E-state index contributed by atoms with van der Waals surface area (Å²) in [6, 6.07) is 61.0. The van der Waals surface area contributed by atoms with E-state index in [2.05, 4.69) is 288 Å². The summed E-state index contributed by atoms with van der Waals surface area (Å²) in [6.07, 6.45) is 5.94. The van der Waals surface area contributed by atoms with Crippen molar-refractivity contribution in [1.29, 1.82) is 0 Å². The van der Waals surface area contributed by atoms with Crippen molar-refractivity contribution in [1.82, 2.24) is 0 Å². The van der Waals surface area contributed by atoms with Crippen molar-refractivity contribution < 1.29 is 0 Å². The molecule has 0 N–H and O–H groups in total. The first-order valence-corrected chi connectivity index (χ1v) is 32.2. The monoisotopic (exact) mass is 1150 g/mol. The van der Waals surface area contributed by atoms with Crippen molar-refractivity contribution in [2.45, 2.75) is 78.5 Å². The summed E-state index contributed by atoms with van der Waals surface area (Å²) in [4.78, 5) is 0. The molecule has 384 valence electrons. The molecule has 0 nitrogen and oxygen atoms in total. The molecule has 0 amide bonds. The van der Waals surface area contributed by atoms with Gasteiger partial charge in [-0.2, -0.15) is 0 Å². The Kier molecular flexibility index (Phi) is 22.3. The largest absolute Gasteiger partial charge is 0.133 e. The van der Waals surface area contributed by atoms with Gasteiger partial charge in [0.25, 0.3) is 0 Å². The lowest BCUT2D eigenvalue weighted by Crippen LogP contribution is -1.96. The van der Waals surface area contributed by atoms with Crippen molar-refractivity contribution in [3.63, 3.8) is 0 Å². The second-order valence-corrected chi connectivity index (χ2v) is 23.9. The van der Waals surface area contributed by atoms with Crippen molar-refractivity contribution >= 4 is 99.1 Å². The molecule has 9 aromatic carbocycles. The van der Waals surface area contributed by atoms with Crippen LogP contribution in [0.15, 0.2) is 164 Å². The molecule has 0 saturated heterocycles. The van der Waals surface area contributed by atoms with Gasteiger partial charge in [0, 0.05) is 0 Å². The van der Waals surface area contributed by atoms with Gasteiger partial charge in [-0.25, -0.2) is 0 Å². The van der Waals surface area contributed by atoms with Gasteiger partial charge < -0.3 is 0 Å². The summed E-state index contributed by atoms with van der Waals surface area (Å²) < 4.78 is 0. The zero-order valence-electron chi connectivity index (χ0n) is 44.5. The quantitative estimate of drug-likeness (QED) is 0.107. The van der Waals surface area contributed by atoms with Gasteiger partial charge in [-0.3, -0.25) is 0 Å². The topological polar surface area (TPSA) is 0 Å². The fourth-order valence-corrected chi connectivity index (χ4v) is 11.7. The Labute approximate surface area is 471 Å². The molecule has 0 aliphatic rings. The number of rotatable bonds is 12. The summed E-state index contributed by atoms with van der Waals surface area (Å²) in [5.74, 6) is 0. The number of hydrogen-bond acceptors (Lipinski definition) is 0. The third-order valence-corrected chi connectivity index (χ3v) is 18.9. The molecule has 0 spiro atoms. The predicted molar refractivity (Wildman–Crippen MR) is 369 cm³/mol. The van der Waals surface area contributed by atoms with Crippen molar-refractivity contribution in [2.75, 3.05) is 0 Å². The van der Waals surface area contributed by atoms with Gasteiger partial charge in [0.1, 0.15) is 0 Å². The van der Waals surface area contributed by atoms with E-state index < -0.39 is 0 Å². The number of benzene rings is 9. The van der Waals surface area contributed by atoms with Crippen LogP contribution in [0.5, 0.6) is 0 Å². The van der Waals surface area contributed by atoms with Gasteiger partial charge in [0.2, 0.25) is 0 Å². The molecule has 0 aliphatic heterocycles. The highest BCUT2D eigenvalue weighted by molar-refractivity contribution is 7.28. The summed E-state index contributed by atoms with van der Waals surface area (Å²) in [6.45, 7) is 13.1. The Bertz CT molecular complexity index is 3400. The standard InChI is InChI=1S/3C22H25P3/c1-14-7-18(20-10-16(12-23)9-17(11-20)13-24)3-5-21(14)19-4-6-22(25)15(2)8-19;1-14-7-18(19-4-6-22(25)15(2)8-19)3-5-21(14)20-10-16(12-23)9-17(11-20)13-24;1-14-9-19(7-8-22(14)25)17-3-5-18(6-4-17)21-11-16(12-23)10-20(13-24)15(21)2/h3*3-11H,12-13,23-25H2,1-2H3. The normalized spacial score (nSPS) is 10.9. The van der Waals surface area contributed by atoms with Gasteiger partial charge in [-0.1, -0.05) is 164 Å². The van der Waals surface area contributed by atoms with E-state index in [4.69, 9.17) is 0 Å². The molecule has 9 atom stereocenters. The Balaban J connectivity index is 0.000000164. The highest BCUT2D eigenvalue weighted by atomic mass is 31.0. The van der Waals surface area contributed by atoms with Gasteiger partial charge in [-0.05, 0) is 228 Å². The first-order chi connectivity index (χ1) is 36.1. The lowest BCUT2D eigenvalue weighted by atomic mass is 9.93. The molecule has 0 bridgehead atoms. The Morgan fingerprint density at radius 3 is 0.973 bits per heavy atom. The molecule has 0 aromatic heterocycles. The van der Waals surface area contributed by atoms with Crippen molar-refractivity contribution in [3.8, 4) is 66.8 Å². The van der Waals surface area contributed by atoms with E-state index >= 15 is 0 Å². The summed E-state index contributed by atoms with van der Waals surface area (Å²) in [5, 5.41) is 3.78. The minimum atomic E-state index is 0.989. The Morgan fingerprint density at radius 2 is 0.560 bits per heavy atom. The molecular formula is C66H75P9. The zero-order chi connectivity index (χ0) is 53.9. The van der Waals surface area contributed by atoms with E-state index in [1.807, 2.05) is 0 Å². The second-order valence-electron chi connectivity index (χ2n) is 19.6. The maximum atomic E-state index is 2.85. The molecule has 9 heteroatoms. The first-order valence-electron chi connectivity index (χ1n) is 25.6. The third-order valence-electron chi connectivity index (χ3n) is 14.2. The van der Waals surface area contributed by atoms with E-state index in [0.29, 0.717) is 0 Å². The summed E-state index contributed by atoms with van der Waals surface area (Å²) in [7, 11) is 25.4. The van der Waals surface area contributed by atoms with E-state index in [0.717, 1.165) is 37.0 Å². The minimum absolute atomic E-state index is 0.989. The van der Waals surface area contributed by atoms with Crippen LogP contribution in [0.4, 0.5) is 0 Å². The second kappa shape index (κ2) is 28.1. The molecule has 9 aromatic rings. The van der Waals surface area contributed by atoms with Crippen LogP contribution < -0.4 is 15.9 Å². The minimum Gasteiger partial charge on any atom is -0.133 e. The van der Waals surface area contributed by atoms with Crippen LogP contribution in [-0.2, 0) is 37.0 Å². The molecule has 0 radical (unpaired) electrons. The van der Waals surface area contributed by atoms with Crippen LogP contribution in [-0.4, -0.2) is 0 Å². The van der Waals surface area contributed by atoms with Crippen LogP contribution in [0.1, 0.15) is 66.8 Å². The van der Waals surface area contributed by atoms with Crippen LogP contribution in [0.3, 0.4) is 0 Å². The SMILES string of the molecule is Cc1cc(-c2ccc(-c3cc(CP)cc(CP)c3)c(C)c2)ccc1P.Cc1cc(-c2ccc(-c3cc(CP)cc(CP)c3)cc2C)ccc1P.Cc1cc(-c2ccc(-c3cc(CP)cc(CP)c3C)cc2)ccc1P. The maximum Gasteiger partial charge on any atom is -0.0126 e. The summed E-state index contributed by atoms with van der Waals surface area (Å²) in [5.41, 5.74) is 31.8. The van der Waals surface area contributed by atoms with Crippen LogP contribution in [0, 0.1) is 41.5 Å². The lowest BCUT2D eigenvalue weighted by molar-refractivity contribution is 1.26. The molecule has 9 rings (SSSR count). The number of hydrogen-bond donors (Lipinski definition) is 0. The smallest absolute Gasteiger partial charge is 0.0126 e. The molecule has 0 fully saturated rings. The fraction of sp³-hybridized carbons (Fsp3) is 0.182. The average molecular weight is 1150 g/mol. The first kappa shape index (κ1) is 59.5. The Morgan fingerprint density at radius 1 is 0.240 bits per heavy atom. The van der Waals surface area contributed by atoms with Crippen molar-refractivity contribution in [2.24, 2.45) is 0 Å². The predicted octanol–water partition coefficient (Wildman–Crippen LogP) is 17.7. The van der Waals surface area contributed by atoms with Crippen LogP contribution in [0.2, 0.25) is 0 Å². The number of aryl methyl sites for hydroxylation is 5. The molecule has 0 saturated carbocycles. The van der Waals surface area contributed by atoms with E-state index in [1.165, 1.54) is 149 Å². The van der Waals surface area contributed by atoms with E-state index in [-0.39, 0.29) is 0 Å². The highest BCUT2D eigenvalue weighted by Crippen LogP contribution is 2.35. The third kappa shape index (κ3) is 15.4. The molecule has 9 unspecified atom stereocenters. The van der Waals surface area contributed by atoms with Gasteiger partial charge >= 0.3 is 0 Å². The lowest BCUT2D eigenvalue weighted by Gasteiger charge is -2.14. The van der Waals surface area contributed by atoms with Gasteiger partial charge in [-0.15, -0.1) is 83.2 Å². The Hall–Kier alpha value is -3.15. The van der Waals surface area contributed by atoms with E-state index in [9.17, 15) is 0 Å². The molecule has 75 heavy (non-hydrogen) atoms. The molecule has 0 aliphatic carbocycles.